The second-order valence-corrected chi connectivity index (χ2v) is 10.5. The van der Waals surface area contributed by atoms with Gasteiger partial charge in [0.25, 0.3) is 5.91 Å². The molecule has 1 saturated heterocycles. The van der Waals surface area contributed by atoms with Crippen molar-refractivity contribution in [1.82, 2.24) is 19.1 Å². The molecular formula is C23H27N5O3S. The molecule has 0 spiro atoms. The summed E-state index contributed by atoms with van der Waals surface area (Å²) in [6.45, 7) is 6.93. The molecule has 1 fully saturated rings. The lowest BCUT2D eigenvalue weighted by atomic mass is 9.94. The Morgan fingerprint density at radius 2 is 1.81 bits per heavy atom. The summed E-state index contributed by atoms with van der Waals surface area (Å²) in [6.07, 6.45) is 2.66. The minimum atomic E-state index is -3.68. The Balaban J connectivity index is 1.59. The van der Waals surface area contributed by atoms with Crippen molar-refractivity contribution < 1.29 is 13.2 Å². The zero-order chi connectivity index (χ0) is 22.9. The summed E-state index contributed by atoms with van der Waals surface area (Å²) in [6, 6.07) is 13.3. The van der Waals surface area contributed by atoms with Gasteiger partial charge in [-0.25, -0.2) is 13.4 Å². The second kappa shape index (κ2) is 8.84. The first kappa shape index (κ1) is 22.2. The molecule has 0 saturated carbocycles. The molecule has 8 nitrogen and oxygen atoms in total. The van der Waals surface area contributed by atoms with Gasteiger partial charge in [-0.2, -0.15) is 14.1 Å². The topological polar surface area (TPSA) is 97.2 Å². The van der Waals surface area contributed by atoms with Gasteiger partial charge in [0.05, 0.1) is 10.6 Å². The van der Waals surface area contributed by atoms with Crippen LogP contribution in [0.2, 0.25) is 0 Å². The van der Waals surface area contributed by atoms with Gasteiger partial charge in [0.15, 0.2) is 5.82 Å². The lowest BCUT2D eigenvalue weighted by Gasteiger charge is -2.34. The standard InChI is InChI=1S/C23H27N5O3S/c1-16-11-17(2)15-27(14-16)32(30,31)20-8-6-7-19(13-20)23(29)25-22-12-18(3)26-28(22)21-9-4-5-10-24-21/h4-10,12-13,16-17H,11,14-15H2,1-3H3,(H,25,29). The maximum Gasteiger partial charge on any atom is 0.256 e. The summed E-state index contributed by atoms with van der Waals surface area (Å²) >= 11 is 0. The molecule has 1 aromatic carbocycles. The zero-order valence-corrected chi connectivity index (χ0v) is 19.2. The van der Waals surface area contributed by atoms with Gasteiger partial charge in [0.2, 0.25) is 10.0 Å². The molecule has 32 heavy (non-hydrogen) atoms. The lowest BCUT2D eigenvalue weighted by Crippen LogP contribution is -2.42. The smallest absolute Gasteiger partial charge is 0.256 e. The highest BCUT2D eigenvalue weighted by molar-refractivity contribution is 7.89. The highest BCUT2D eigenvalue weighted by Gasteiger charge is 2.32. The maximum absolute atomic E-state index is 13.2. The van der Waals surface area contributed by atoms with Gasteiger partial charge < -0.3 is 5.32 Å². The number of carbonyl (C=O) groups excluding carboxylic acids is 1. The summed E-state index contributed by atoms with van der Waals surface area (Å²) < 4.78 is 29.5. The van der Waals surface area contributed by atoms with Crippen LogP contribution in [0.5, 0.6) is 0 Å². The van der Waals surface area contributed by atoms with E-state index in [2.05, 4.69) is 29.2 Å². The number of pyridine rings is 1. The molecular weight excluding hydrogens is 426 g/mol. The highest BCUT2D eigenvalue weighted by atomic mass is 32.2. The van der Waals surface area contributed by atoms with Crippen LogP contribution >= 0.6 is 0 Å². The van der Waals surface area contributed by atoms with Gasteiger partial charge in [0, 0.05) is 30.9 Å². The molecule has 3 heterocycles. The van der Waals surface area contributed by atoms with Crippen LogP contribution in [0.25, 0.3) is 5.82 Å². The Bertz CT molecular complexity index is 1210. The van der Waals surface area contributed by atoms with Crippen LogP contribution in [-0.4, -0.2) is 46.5 Å². The fourth-order valence-electron chi connectivity index (χ4n) is 4.18. The predicted molar refractivity (Wildman–Crippen MR) is 122 cm³/mol. The van der Waals surface area contributed by atoms with Crippen LogP contribution in [0.4, 0.5) is 5.82 Å². The van der Waals surface area contributed by atoms with E-state index in [9.17, 15) is 13.2 Å². The zero-order valence-electron chi connectivity index (χ0n) is 18.4. The maximum atomic E-state index is 13.2. The molecule has 2 unspecified atom stereocenters. The van der Waals surface area contributed by atoms with E-state index in [0.717, 1.165) is 12.1 Å². The van der Waals surface area contributed by atoms with E-state index in [1.54, 1.807) is 47.3 Å². The number of benzene rings is 1. The van der Waals surface area contributed by atoms with Gasteiger partial charge in [-0.3, -0.25) is 4.79 Å². The fraction of sp³-hybridized carbons (Fsp3) is 0.348. The molecule has 168 valence electrons. The van der Waals surface area contributed by atoms with Gasteiger partial charge in [0.1, 0.15) is 5.82 Å². The van der Waals surface area contributed by atoms with E-state index in [1.807, 2.05) is 13.0 Å². The van der Waals surface area contributed by atoms with Crippen LogP contribution in [-0.2, 0) is 10.0 Å². The van der Waals surface area contributed by atoms with Crippen LogP contribution in [0.15, 0.2) is 59.6 Å². The normalized spacial score (nSPS) is 19.6. The summed E-state index contributed by atoms with van der Waals surface area (Å²) in [4.78, 5) is 17.4. The van der Waals surface area contributed by atoms with Crippen LogP contribution in [0.3, 0.4) is 0 Å². The number of aromatic nitrogens is 3. The Morgan fingerprint density at radius 3 is 2.50 bits per heavy atom. The monoisotopic (exact) mass is 453 g/mol. The minimum Gasteiger partial charge on any atom is -0.306 e. The van der Waals surface area contributed by atoms with Crippen LogP contribution in [0, 0.1) is 18.8 Å². The molecule has 0 bridgehead atoms. The third kappa shape index (κ3) is 4.58. The van der Waals surface area contributed by atoms with Crippen molar-refractivity contribution in [3.63, 3.8) is 0 Å². The van der Waals surface area contributed by atoms with Gasteiger partial charge in [-0.1, -0.05) is 26.0 Å². The van der Waals surface area contributed by atoms with E-state index >= 15 is 0 Å². The summed E-state index contributed by atoms with van der Waals surface area (Å²) in [5.74, 6) is 1.21. The highest BCUT2D eigenvalue weighted by Crippen LogP contribution is 2.27. The van der Waals surface area contributed by atoms with Gasteiger partial charge in [-0.05, 0) is 55.5 Å². The number of anilines is 1. The number of hydrogen-bond donors (Lipinski definition) is 1. The van der Waals surface area contributed by atoms with Crippen molar-refractivity contribution in [2.75, 3.05) is 18.4 Å². The first-order valence-corrected chi connectivity index (χ1v) is 12.1. The third-order valence-electron chi connectivity index (χ3n) is 5.51. The van der Waals surface area contributed by atoms with Crippen molar-refractivity contribution in [2.45, 2.75) is 32.1 Å². The average molecular weight is 454 g/mol. The Kier molecular flexibility index (Phi) is 6.12. The fourth-order valence-corrected chi connectivity index (χ4v) is 5.91. The van der Waals surface area contributed by atoms with Crippen LogP contribution < -0.4 is 5.32 Å². The number of rotatable bonds is 5. The summed E-state index contributed by atoms with van der Waals surface area (Å²) in [7, 11) is -3.68. The minimum absolute atomic E-state index is 0.126. The number of piperidine rings is 1. The molecule has 4 rings (SSSR count). The van der Waals surface area contributed by atoms with Crippen molar-refractivity contribution in [1.29, 1.82) is 0 Å². The lowest BCUT2D eigenvalue weighted by molar-refractivity contribution is 0.102. The molecule has 0 aliphatic carbocycles. The molecule has 2 atom stereocenters. The number of aryl methyl sites for hydroxylation is 1. The van der Waals surface area contributed by atoms with Crippen molar-refractivity contribution in [3.05, 3.63) is 66.0 Å². The molecule has 9 heteroatoms. The Hall–Kier alpha value is -3.04. The SMILES string of the molecule is Cc1cc(NC(=O)c2cccc(S(=O)(=O)N3CC(C)CC(C)C3)c2)n(-c2ccccn2)n1. The largest absolute Gasteiger partial charge is 0.306 e. The molecule has 1 aliphatic heterocycles. The molecule has 1 N–H and O–H groups in total. The third-order valence-corrected chi connectivity index (χ3v) is 7.34. The molecule has 1 aliphatic rings. The van der Waals surface area contributed by atoms with E-state index in [-0.39, 0.29) is 10.5 Å². The Morgan fingerprint density at radius 1 is 1.06 bits per heavy atom. The summed E-state index contributed by atoms with van der Waals surface area (Å²) in [5.41, 5.74) is 0.978. The number of sulfonamides is 1. The van der Waals surface area contributed by atoms with Crippen molar-refractivity contribution in [2.24, 2.45) is 11.8 Å². The Labute approximate surface area is 188 Å². The van der Waals surface area contributed by atoms with E-state index in [1.165, 1.54) is 10.4 Å². The number of amides is 1. The number of hydrogen-bond acceptors (Lipinski definition) is 5. The molecule has 2 aromatic heterocycles. The molecule has 1 amide bonds. The van der Waals surface area contributed by atoms with E-state index in [4.69, 9.17) is 0 Å². The first-order chi connectivity index (χ1) is 15.2. The predicted octanol–water partition coefficient (Wildman–Crippen LogP) is 3.49. The van der Waals surface area contributed by atoms with Gasteiger partial charge >= 0.3 is 0 Å². The second-order valence-electron chi connectivity index (χ2n) is 8.52. The number of carbonyl (C=O) groups is 1. The first-order valence-electron chi connectivity index (χ1n) is 10.6. The number of nitrogens with zero attached hydrogens (tertiary/aromatic N) is 4. The molecule has 0 radical (unpaired) electrons. The van der Waals surface area contributed by atoms with Crippen molar-refractivity contribution in [3.8, 4) is 5.82 Å². The van der Waals surface area contributed by atoms with Gasteiger partial charge in [-0.15, -0.1) is 0 Å². The quantitative estimate of drug-likeness (QED) is 0.638. The van der Waals surface area contributed by atoms with E-state index in [0.29, 0.717) is 36.6 Å². The van der Waals surface area contributed by atoms with Crippen LogP contribution in [0.1, 0.15) is 36.3 Å². The molecule has 3 aromatic rings. The average Bonchev–Trinajstić information content (AvgIpc) is 3.13. The number of nitrogens with one attached hydrogen (secondary N) is 1. The summed E-state index contributed by atoms with van der Waals surface area (Å²) in [5, 5.41) is 7.23. The van der Waals surface area contributed by atoms with Crippen molar-refractivity contribution >= 4 is 21.7 Å². The van der Waals surface area contributed by atoms with E-state index < -0.39 is 15.9 Å².